The van der Waals surface area contributed by atoms with Crippen LogP contribution in [0.15, 0.2) is 54.6 Å². The topological polar surface area (TPSA) is 40.2 Å². The van der Waals surface area contributed by atoms with E-state index in [0.29, 0.717) is 19.2 Å². The molecule has 0 fully saturated rings. The Morgan fingerprint density at radius 3 is 2.50 bits per heavy atom. The van der Waals surface area contributed by atoms with E-state index in [9.17, 15) is 0 Å². The van der Waals surface area contributed by atoms with Crippen LogP contribution in [0.25, 0.3) is 10.9 Å². The van der Waals surface area contributed by atoms with Crippen LogP contribution in [0.5, 0.6) is 5.75 Å². The van der Waals surface area contributed by atoms with Gasteiger partial charge in [-0.05, 0) is 43.7 Å². The molecule has 3 nitrogen and oxygen atoms in total. The molecule has 22 heavy (non-hydrogen) atoms. The summed E-state index contributed by atoms with van der Waals surface area (Å²) in [6.07, 6.45) is 0. The van der Waals surface area contributed by atoms with Crippen LogP contribution in [0.2, 0.25) is 0 Å². The molecule has 3 rings (SSSR count). The van der Waals surface area contributed by atoms with Crippen LogP contribution in [-0.4, -0.2) is 4.57 Å². The molecule has 0 bridgehead atoms. The molecule has 0 amide bonds. The number of para-hydroxylation sites is 1. The highest BCUT2D eigenvalue weighted by molar-refractivity contribution is 5.82. The van der Waals surface area contributed by atoms with Gasteiger partial charge in [0.15, 0.2) is 0 Å². The summed E-state index contributed by atoms with van der Waals surface area (Å²) >= 11 is 0. The normalized spacial score (nSPS) is 11.3. The molecule has 2 N–H and O–H groups in total. The van der Waals surface area contributed by atoms with Crippen molar-refractivity contribution < 1.29 is 4.74 Å². The van der Waals surface area contributed by atoms with Crippen molar-refractivity contribution in [3.05, 3.63) is 65.9 Å². The summed E-state index contributed by atoms with van der Waals surface area (Å²) in [6, 6.07) is 18.9. The average Bonchev–Trinajstić information content (AvgIpc) is 2.91. The Kier molecular flexibility index (Phi) is 4.16. The summed E-state index contributed by atoms with van der Waals surface area (Å²) in [5.74, 6) is 0.894. The Hall–Kier alpha value is -2.26. The Balaban J connectivity index is 1.96. The fraction of sp³-hybridized carbons (Fsp3) is 0.263. The second kappa shape index (κ2) is 6.24. The molecule has 3 heteroatoms. The van der Waals surface area contributed by atoms with Gasteiger partial charge in [0.2, 0.25) is 0 Å². The van der Waals surface area contributed by atoms with Gasteiger partial charge in [-0.15, -0.1) is 0 Å². The minimum atomic E-state index is 0.375. The third-order valence-electron chi connectivity index (χ3n) is 3.87. The molecule has 3 aromatic rings. The van der Waals surface area contributed by atoms with Crippen molar-refractivity contribution in [3.8, 4) is 5.75 Å². The Morgan fingerprint density at radius 2 is 1.82 bits per heavy atom. The summed E-state index contributed by atoms with van der Waals surface area (Å²) in [4.78, 5) is 0. The summed E-state index contributed by atoms with van der Waals surface area (Å²) in [5, 5.41) is 1.23. The average molecular weight is 294 g/mol. The first-order valence-electron chi connectivity index (χ1n) is 7.69. The molecule has 0 radical (unpaired) electrons. The number of hydrogen-bond donors (Lipinski definition) is 1. The molecule has 114 valence electrons. The maximum Gasteiger partial charge on any atom is 0.128 e. The van der Waals surface area contributed by atoms with Gasteiger partial charge in [0.1, 0.15) is 12.4 Å². The van der Waals surface area contributed by atoms with Gasteiger partial charge in [-0.2, -0.15) is 0 Å². The number of nitrogens with two attached hydrogens (primary N) is 1. The van der Waals surface area contributed by atoms with Gasteiger partial charge < -0.3 is 15.0 Å². The number of nitrogens with zero attached hydrogens (tertiary/aromatic N) is 1. The number of hydrogen-bond acceptors (Lipinski definition) is 2. The molecule has 1 heterocycles. The van der Waals surface area contributed by atoms with Crippen LogP contribution in [0, 0.1) is 0 Å². The highest BCUT2D eigenvalue weighted by Gasteiger charge is 2.12. The van der Waals surface area contributed by atoms with Gasteiger partial charge in [-0.1, -0.05) is 30.3 Å². The predicted molar refractivity (Wildman–Crippen MR) is 91.0 cm³/mol. The zero-order valence-electron chi connectivity index (χ0n) is 13.1. The van der Waals surface area contributed by atoms with Crippen LogP contribution in [0.4, 0.5) is 0 Å². The molecular formula is C19H22N2O. The Labute approximate surface area is 131 Å². The quantitative estimate of drug-likeness (QED) is 0.763. The number of rotatable bonds is 5. The standard InChI is InChI=1S/C19H22N2O/c1-14(2)21-17(13-22-18-6-4-3-5-7-18)11-16-9-8-15(12-20)10-19(16)21/h3-11,14H,12-13,20H2,1-2H3. The number of ether oxygens (including phenoxy) is 1. The minimum Gasteiger partial charge on any atom is -0.487 e. The number of fused-ring (bicyclic) bond motifs is 1. The van der Waals surface area contributed by atoms with E-state index in [1.807, 2.05) is 30.3 Å². The second-order valence-corrected chi connectivity index (χ2v) is 5.80. The zero-order chi connectivity index (χ0) is 15.5. The fourth-order valence-corrected chi connectivity index (χ4v) is 2.85. The first kappa shape index (κ1) is 14.7. The first-order chi connectivity index (χ1) is 10.7. The van der Waals surface area contributed by atoms with Crippen molar-refractivity contribution in [1.29, 1.82) is 0 Å². The second-order valence-electron chi connectivity index (χ2n) is 5.80. The SMILES string of the molecule is CC(C)n1c(COc2ccccc2)cc2ccc(CN)cc21. The first-order valence-corrected chi connectivity index (χ1v) is 7.69. The Morgan fingerprint density at radius 1 is 1.05 bits per heavy atom. The molecule has 0 saturated carbocycles. The Bertz CT molecular complexity index is 760. The number of benzene rings is 2. The lowest BCUT2D eigenvalue weighted by atomic mass is 10.1. The van der Waals surface area contributed by atoms with E-state index in [0.717, 1.165) is 11.3 Å². The van der Waals surface area contributed by atoms with E-state index < -0.39 is 0 Å². The smallest absolute Gasteiger partial charge is 0.128 e. The van der Waals surface area contributed by atoms with Crippen LogP contribution in [-0.2, 0) is 13.2 Å². The fourth-order valence-electron chi connectivity index (χ4n) is 2.85. The third-order valence-corrected chi connectivity index (χ3v) is 3.87. The lowest BCUT2D eigenvalue weighted by molar-refractivity contribution is 0.293. The van der Waals surface area contributed by atoms with Crippen molar-refractivity contribution in [2.24, 2.45) is 5.73 Å². The zero-order valence-corrected chi connectivity index (χ0v) is 13.1. The van der Waals surface area contributed by atoms with Crippen molar-refractivity contribution in [1.82, 2.24) is 4.57 Å². The summed E-state index contributed by atoms with van der Waals surface area (Å²) in [5.41, 5.74) is 9.34. The summed E-state index contributed by atoms with van der Waals surface area (Å²) < 4.78 is 8.25. The monoisotopic (exact) mass is 294 g/mol. The molecule has 0 spiro atoms. The van der Waals surface area contributed by atoms with Crippen molar-refractivity contribution in [2.45, 2.75) is 33.0 Å². The molecular weight excluding hydrogens is 272 g/mol. The molecule has 0 aliphatic heterocycles. The van der Waals surface area contributed by atoms with Gasteiger partial charge in [-0.3, -0.25) is 0 Å². The van der Waals surface area contributed by atoms with Crippen molar-refractivity contribution >= 4 is 10.9 Å². The van der Waals surface area contributed by atoms with Gasteiger partial charge in [0.25, 0.3) is 0 Å². The van der Waals surface area contributed by atoms with E-state index in [2.05, 4.69) is 42.7 Å². The van der Waals surface area contributed by atoms with E-state index in [1.165, 1.54) is 16.6 Å². The summed E-state index contributed by atoms with van der Waals surface area (Å²) in [7, 11) is 0. The molecule has 0 unspecified atom stereocenters. The van der Waals surface area contributed by atoms with Crippen LogP contribution < -0.4 is 10.5 Å². The molecule has 0 aliphatic carbocycles. The van der Waals surface area contributed by atoms with Gasteiger partial charge in [-0.25, -0.2) is 0 Å². The predicted octanol–water partition coefficient (Wildman–Crippen LogP) is 4.26. The van der Waals surface area contributed by atoms with Gasteiger partial charge in [0.05, 0.1) is 5.69 Å². The molecule has 0 saturated heterocycles. The minimum absolute atomic E-state index is 0.375. The number of aromatic nitrogens is 1. The molecule has 0 aliphatic rings. The largest absolute Gasteiger partial charge is 0.487 e. The molecule has 1 aromatic heterocycles. The van der Waals surface area contributed by atoms with Crippen molar-refractivity contribution in [2.75, 3.05) is 0 Å². The maximum atomic E-state index is 5.92. The van der Waals surface area contributed by atoms with E-state index in [4.69, 9.17) is 10.5 Å². The lowest BCUT2D eigenvalue weighted by Crippen LogP contribution is -2.08. The van der Waals surface area contributed by atoms with Crippen molar-refractivity contribution in [3.63, 3.8) is 0 Å². The van der Waals surface area contributed by atoms with Gasteiger partial charge in [0, 0.05) is 23.5 Å². The van der Waals surface area contributed by atoms with E-state index in [-0.39, 0.29) is 0 Å². The molecule has 2 aromatic carbocycles. The lowest BCUT2D eigenvalue weighted by Gasteiger charge is -2.15. The highest BCUT2D eigenvalue weighted by atomic mass is 16.5. The van der Waals surface area contributed by atoms with Gasteiger partial charge >= 0.3 is 0 Å². The van der Waals surface area contributed by atoms with Crippen LogP contribution >= 0.6 is 0 Å². The summed E-state index contributed by atoms with van der Waals surface area (Å²) in [6.45, 7) is 5.52. The maximum absolute atomic E-state index is 5.92. The van der Waals surface area contributed by atoms with E-state index >= 15 is 0 Å². The molecule has 0 atom stereocenters. The highest BCUT2D eigenvalue weighted by Crippen LogP contribution is 2.26. The van der Waals surface area contributed by atoms with E-state index in [1.54, 1.807) is 0 Å². The van der Waals surface area contributed by atoms with Crippen LogP contribution in [0.3, 0.4) is 0 Å². The third kappa shape index (κ3) is 2.85. The van der Waals surface area contributed by atoms with Crippen LogP contribution in [0.1, 0.15) is 31.1 Å².